The molecule has 2 aromatic rings. The summed E-state index contributed by atoms with van der Waals surface area (Å²) in [6, 6.07) is 4.19. The quantitative estimate of drug-likeness (QED) is 0.844. The van der Waals surface area contributed by atoms with Gasteiger partial charge in [0.25, 0.3) is 0 Å². The molecule has 0 amide bonds. The van der Waals surface area contributed by atoms with E-state index in [1.807, 2.05) is 23.1 Å². The molecule has 3 rings (SSSR count). The smallest absolute Gasteiger partial charge is 0.173 e. The Morgan fingerprint density at radius 1 is 1.29 bits per heavy atom. The summed E-state index contributed by atoms with van der Waals surface area (Å²) in [6.45, 7) is 11.0. The highest BCUT2D eigenvalue weighted by atomic mass is 15.6. The summed E-state index contributed by atoms with van der Waals surface area (Å²) in [7, 11) is 0. The van der Waals surface area contributed by atoms with E-state index in [4.69, 9.17) is 0 Å². The fraction of sp³-hybridized carbons (Fsp3) is 0.667. The topological polar surface area (TPSA) is 59.7 Å². The summed E-state index contributed by atoms with van der Waals surface area (Å²) < 4.78 is 2.00. The number of piperidine rings is 1. The zero-order chi connectivity index (χ0) is 17.2. The number of tetrazole rings is 1. The Morgan fingerprint density at radius 2 is 2.04 bits per heavy atom. The van der Waals surface area contributed by atoms with E-state index in [2.05, 4.69) is 59.2 Å². The van der Waals surface area contributed by atoms with Crippen molar-refractivity contribution in [1.29, 1.82) is 0 Å². The minimum Gasteiger partial charge on any atom is -0.290 e. The lowest BCUT2D eigenvalue weighted by Gasteiger charge is -2.37. The summed E-state index contributed by atoms with van der Waals surface area (Å²) in [5.74, 6) is 1.71. The van der Waals surface area contributed by atoms with Gasteiger partial charge in [-0.2, -0.15) is 0 Å². The first-order valence-electron chi connectivity index (χ1n) is 8.95. The Kier molecular flexibility index (Phi) is 4.94. The first-order chi connectivity index (χ1) is 11.5. The second-order valence-electron chi connectivity index (χ2n) is 7.52. The molecule has 0 spiro atoms. The molecule has 0 N–H and O–H groups in total. The lowest BCUT2D eigenvalue weighted by molar-refractivity contribution is 0.143. The van der Waals surface area contributed by atoms with Crippen molar-refractivity contribution in [3.05, 3.63) is 35.9 Å². The van der Waals surface area contributed by atoms with E-state index < -0.39 is 0 Å². The Hall–Kier alpha value is -1.82. The molecule has 6 nitrogen and oxygen atoms in total. The van der Waals surface area contributed by atoms with Crippen molar-refractivity contribution in [3.8, 4) is 0 Å². The number of pyridine rings is 1. The van der Waals surface area contributed by atoms with Gasteiger partial charge in [-0.15, -0.1) is 5.10 Å². The van der Waals surface area contributed by atoms with Crippen molar-refractivity contribution >= 4 is 0 Å². The second-order valence-corrected chi connectivity index (χ2v) is 7.52. The van der Waals surface area contributed by atoms with Crippen molar-refractivity contribution in [2.24, 2.45) is 5.92 Å². The molecular formula is C18H28N6. The van der Waals surface area contributed by atoms with Crippen LogP contribution in [0.5, 0.6) is 0 Å². The fourth-order valence-electron chi connectivity index (χ4n) is 3.29. The maximum atomic E-state index is 4.43. The molecule has 1 aliphatic rings. The number of likely N-dealkylation sites (tertiary alicyclic amines) is 1. The molecule has 1 aliphatic heterocycles. The van der Waals surface area contributed by atoms with E-state index in [0.717, 1.165) is 36.8 Å². The van der Waals surface area contributed by atoms with Gasteiger partial charge in [-0.05, 0) is 74.2 Å². The molecule has 3 heterocycles. The van der Waals surface area contributed by atoms with Crippen molar-refractivity contribution in [2.75, 3.05) is 13.1 Å². The van der Waals surface area contributed by atoms with Gasteiger partial charge in [0.2, 0.25) is 0 Å². The van der Waals surface area contributed by atoms with Gasteiger partial charge in [-0.3, -0.25) is 9.88 Å². The summed E-state index contributed by atoms with van der Waals surface area (Å²) in [4.78, 5) is 6.84. The van der Waals surface area contributed by atoms with Crippen LogP contribution in [0.25, 0.3) is 0 Å². The number of hydrogen-bond acceptors (Lipinski definition) is 5. The maximum absolute atomic E-state index is 4.43. The van der Waals surface area contributed by atoms with Crippen LogP contribution in [-0.4, -0.2) is 43.2 Å². The number of hydrogen-bond donors (Lipinski definition) is 0. The molecule has 0 saturated carbocycles. The average Bonchev–Trinajstić information content (AvgIpc) is 3.08. The van der Waals surface area contributed by atoms with Crippen LogP contribution in [0.2, 0.25) is 0 Å². The van der Waals surface area contributed by atoms with Gasteiger partial charge >= 0.3 is 0 Å². The zero-order valence-electron chi connectivity index (χ0n) is 15.2. The van der Waals surface area contributed by atoms with Crippen LogP contribution in [0.15, 0.2) is 24.5 Å². The zero-order valence-corrected chi connectivity index (χ0v) is 15.2. The molecule has 1 atom stereocenters. The molecule has 6 heteroatoms. The van der Waals surface area contributed by atoms with E-state index in [0.29, 0.717) is 0 Å². The van der Waals surface area contributed by atoms with Gasteiger partial charge in [-0.25, -0.2) is 4.68 Å². The van der Waals surface area contributed by atoms with Gasteiger partial charge in [0.1, 0.15) is 0 Å². The standard InChI is InChI=1S/C18H28N6/c1-5-18(3,4)24-17(20-21-22-24)16(15-7-6-10-19-13-15)23-11-8-14(2)9-12-23/h6-7,10,13-14,16H,5,8-9,11-12H2,1-4H3. The second kappa shape index (κ2) is 6.97. The van der Waals surface area contributed by atoms with E-state index in [1.54, 1.807) is 0 Å². The van der Waals surface area contributed by atoms with Crippen molar-refractivity contribution < 1.29 is 0 Å². The van der Waals surface area contributed by atoms with E-state index in [-0.39, 0.29) is 11.6 Å². The Labute approximate surface area is 144 Å². The first kappa shape index (κ1) is 17.0. The highest BCUT2D eigenvalue weighted by Gasteiger charge is 2.33. The van der Waals surface area contributed by atoms with E-state index in [1.165, 1.54) is 12.8 Å². The van der Waals surface area contributed by atoms with Crippen LogP contribution >= 0.6 is 0 Å². The monoisotopic (exact) mass is 328 g/mol. The van der Waals surface area contributed by atoms with Gasteiger partial charge in [0, 0.05) is 12.4 Å². The molecule has 1 unspecified atom stereocenters. The van der Waals surface area contributed by atoms with Gasteiger partial charge < -0.3 is 0 Å². The fourth-order valence-corrected chi connectivity index (χ4v) is 3.29. The molecule has 130 valence electrons. The van der Waals surface area contributed by atoms with Gasteiger partial charge in [0.05, 0.1) is 11.6 Å². The van der Waals surface area contributed by atoms with Crippen LogP contribution in [0.4, 0.5) is 0 Å². The predicted molar refractivity (Wildman–Crippen MR) is 93.5 cm³/mol. The van der Waals surface area contributed by atoms with E-state index >= 15 is 0 Å². The number of rotatable bonds is 5. The number of nitrogens with zero attached hydrogens (tertiary/aromatic N) is 6. The van der Waals surface area contributed by atoms with E-state index in [9.17, 15) is 0 Å². The van der Waals surface area contributed by atoms with Crippen molar-refractivity contribution in [3.63, 3.8) is 0 Å². The molecule has 0 radical (unpaired) electrons. The molecule has 1 fully saturated rings. The molecular weight excluding hydrogens is 300 g/mol. The average molecular weight is 328 g/mol. The highest BCUT2D eigenvalue weighted by molar-refractivity contribution is 5.22. The molecule has 2 aromatic heterocycles. The lowest BCUT2D eigenvalue weighted by atomic mass is 9.95. The van der Waals surface area contributed by atoms with Crippen LogP contribution in [0, 0.1) is 5.92 Å². The third-order valence-corrected chi connectivity index (χ3v) is 5.36. The van der Waals surface area contributed by atoms with Crippen LogP contribution in [0.3, 0.4) is 0 Å². The molecule has 0 aliphatic carbocycles. The Bertz CT molecular complexity index is 643. The summed E-state index contributed by atoms with van der Waals surface area (Å²) in [5, 5.41) is 12.8. The number of aromatic nitrogens is 5. The normalized spacial score (nSPS) is 18.7. The predicted octanol–water partition coefficient (Wildman–Crippen LogP) is 3.03. The molecule has 24 heavy (non-hydrogen) atoms. The molecule has 0 bridgehead atoms. The van der Waals surface area contributed by atoms with Crippen molar-refractivity contribution in [2.45, 2.75) is 58.5 Å². The minimum atomic E-state index is -0.109. The first-order valence-corrected chi connectivity index (χ1v) is 8.95. The summed E-state index contributed by atoms with van der Waals surface area (Å²) in [5.41, 5.74) is 1.05. The van der Waals surface area contributed by atoms with Crippen molar-refractivity contribution in [1.82, 2.24) is 30.1 Å². The van der Waals surface area contributed by atoms with Gasteiger partial charge in [0.15, 0.2) is 5.82 Å². The highest BCUT2D eigenvalue weighted by Crippen LogP contribution is 2.33. The molecule has 1 saturated heterocycles. The van der Waals surface area contributed by atoms with Gasteiger partial charge in [-0.1, -0.05) is 19.9 Å². The summed E-state index contributed by atoms with van der Waals surface area (Å²) >= 11 is 0. The van der Waals surface area contributed by atoms with Crippen LogP contribution in [-0.2, 0) is 5.54 Å². The Morgan fingerprint density at radius 3 is 2.67 bits per heavy atom. The molecule has 0 aromatic carbocycles. The Balaban J connectivity index is 2.02. The van der Waals surface area contributed by atoms with Crippen LogP contribution in [0.1, 0.15) is 64.4 Å². The summed E-state index contributed by atoms with van der Waals surface area (Å²) in [6.07, 6.45) is 7.17. The lowest BCUT2D eigenvalue weighted by Crippen LogP contribution is -2.40. The minimum absolute atomic E-state index is 0.0621. The maximum Gasteiger partial charge on any atom is 0.173 e. The third kappa shape index (κ3) is 3.34. The SMILES string of the molecule is CCC(C)(C)n1nnnc1C(c1cccnc1)N1CCC(C)CC1. The third-order valence-electron chi connectivity index (χ3n) is 5.36. The largest absolute Gasteiger partial charge is 0.290 e. The van der Waals surface area contributed by atoms with Crippen LogP contribution < -0.4 is 0 Å².